The Morgan fingerprint density at radius 1 is 1.32 bits per heavy atom. The van der Waals surface area contributed by atoms with Crippen molar-refractivity contribution in [2.75, 3.05) is 18.0 Å². The molecule has 1 fully saturated rings. The number of carbonyl (C=O) groups is 2. The lowest BCUT2D eigenvalue weighted by Crippen LogP contribution is -2.41. The largest absolute Gasteiger partial charge is 0.446 e. The second kappa shape index (κ2) is 7.58. The van der Waals surface area contributed by atoms with Crippen LogP contribution < -0.4 is 16.4 Å². The Bertz CT molecular complexity index is 615. The predicted molar refractivity (Wildman–Crippen MR) is 82.4 cm³/mol. The van der Waals surface area contributed by atoms with Gasteiger partial charge in [0, 0.05) is 19.3 Å². The van der Waals surface area contributed by atoms with E-state index in [4.69, 9.17) is 16.2 Å². The zero-order valence-corrected chi connectivity index (χ0v) is 13.3. The van der Waals surface area contributed by atoms with Crippen molar-refractivity contribution in [3.63, 3.8) is 0 Å². The Hall–Kier alpha value is -2.52. The molecule has 0 saturated carbocycles. The number of carbonyl (C=O) groups excluding carboxylic acids is 2. The van der Waals surface area contributed by atoms with Crippen molar-refractivity contribution in [3.05, 3.63) is 23.9 Å². The molecule has 2 rings (SSSR count). The number of nitrogens with two attached hydrogens (primary N) is 2. The molecule has 0 aliphatic carbocycles. The molecule has 1 saturated heterocycles. The summed E-state index contributed by atoms with van der Waals surface area (Å²) in [5, 5.41) is 0. The number of primary amides is 2. The van der Waals surface area contributed by atoms with E-state index in [1.807, 2.05) is 0 Å². The zero-order chi connectivity index (χ0) is 18.6. The normalized spacial score (nSPS) is 17.2. The molecule has 0 aromatic carbocycles. The smallest absolute Gasteiger partial charge is 0.416 e. The summed E-state index contributed by atoms with van der Waals surface area (Å²) < 4.78 is 43.3. The maximum absolute atomic E-state index is 12.8. The summed E-state index contributed by atoms with van der Waals surface area (Å²) in [6, 6.07) is 1.92. The van der Waals surface area contributed by atoms with Gasteiger partial charge in [0.25, 0.3) is 0 Å². The summed E-state index contributed by atoms with van der Waals surface area (Å²) >= 11 is 0. The van der Waals surface area contributed by atoms with E-state index in [-0.39, 0.29) is 18.2 Å². The molecule has 0 radical (unpaired) electrons. The second-order valence-electron chi connectivity index (χ2n) is 5.87. The third-order valence-electron chi connectivity index (χ3n) is 4.13. The Kier molecular flexibility index (Phi) is 5.70. The van der Waals surface area contributed by atoms with Crippen LogP contribution in [0.15, 0.2) is 18.3 Å². The fraction of sp³-hybridized carbons (Fsp3) is 0.533. The number of halogens is 3. The van der Waals surface area contributed by atoms with Gasteiger partial charge >= 0.3 is 12.3 Å². The van der Waals surface area contributed by atoms with E-state index in [0.717, 1.165) is 18.3 Å². The van der Waals surface area contributed by atoms with Crippen molar-refractivity contribution in [3.8, 4) is 0 Å². The topological polar surface area (TPSA) is 112 Å². The first-order valence-electron chi connectivity index (χ1n) is 7.69. The van der Waals surface area contributed by atoms with Crippen molar-refractivity contribution in [1.82, 2.24) is 4.98 Å². The summed E-state index contributed by atoms with van der Waals surface area (Å²) in [5.41, 5.74) is 9.40. The molecule has 1 aliphatic heterocycles. The lowest BCUT2D eigenvalue weighted by Gasteiger charge is -2.35. The molecule has 1 aromatic rings. The molecule has 7 nitrogen and oxygen atoms in total. The van der Waals surface area contributed by atoms with Gasteiger partial charge in [0.2, 0.25) is 5.91 Å². The van der Waals surface area contributed by atoms with Crippen LogP contribution in [0.3, 0.4) is 0 Å². The number of aromatic nitrogens is 1. The SMILES string of the molecule is NC(=O)CC(OC(N)=O)C1CCN(c2cc(C(F)(F)F)ccn2)CC1. The van der Waals surface area contributed by atoms with E-state index in [1.165, 1.54) is 0 Å². The third kappa shape index (κ3) is 5.23. The Labute approximate surface area is 142 Å². The number of nitrogens with zero attached hydrogens (tertiary/aromatic N) is 2. The van der Waals surface area contributed by atoms with Gasteiger partial charge in [-0.3, -0.25) is 4.79 Å². The van der Waals surface area contributed by atoms with Gasteiger partial charge in [-0.25, -0.2) is 9.78 Å². The Balaban J connectivity index is 2.03. The summed E-state index contributed by atoms with van der Waals surface area (Å²) in [6.45, 7) is 0.826. The first-order chi connectivity index (χ1) is 11.7. The standard InChI is InChI=1S/C15H19F3N4O3/c16-15(17,18)10-1-4-21-13(7-10)22-5-2-9(3-6-22)11(8-12(19)23)25-14(20)24/h1,4,7,9,11H,2-3,5-6,8H2,(H2,19,23)(H2,20,24). The van der Waals surface area contributed by atoms with Crippen LogP contribution in [0.25, 0.3) is 0 Å². The summed E-state index contributed by atoms with van der Waals surface area (Å²) in [5.74, 6) is -0.536. The minimum absolute atomic E-state index is 0.143. The molecule has 0 bridgehead atoms. The fourth-order valence-corrected chi connectivity index (χ4v) is 2.92. The molecule has 138 valence electrons. The Morgan fingerprint density at radius 2 is 1.96 bits per heavy atom. The maximum atomic E-state index is 12.8. The van der Waals surface area contributed by atoms with E-state index in [9.17, 15) is 22.8 Å². The van der Waals surface area contributed by atoms with Gasteiger partial charge < -0.3 is 21.1 Å². The van der Waals surface area contributed by atoms with Crippen LogP contribution in [0, 0.1) is 5.92 Å². The van der Waals surface area contributed by atoms with Gasteiger partial charge in [-0.2, -0.15) is 13.2 Å². The van der Waals surface area contributed by atoms with Crippen molar-refractivity contribution in [2.45, 2.75) is 31.5 Å². The highest BCUT2D eigenvalue weighted by Gasteiger charge is 2.33. The average Bonchev–Trinajstić information content (AvgIpc) is 2.53. The van der Waals surface area contributed by atoms with Crippen LogP contribution in [-0.4, -0.2) is 36.2 Å². The van der Waals surface area contributed by atoms with Gasteiger partial charge in [-0.15, -0.1) is 0 Å². The minimum Gasteiger partial charge on any atom is -0.446 e. The summed E-state index contributed by atoms with van der Waals surface area (Å²) in [7, 11) is 0. The summed E-state index contributed by atoms with van der Waals surface area (Å²) in [6.07, 6.45) is -4.17. The van der Waals surface area contributed by atoms with Gasteiger partial charge in [-0.05, 0) is 30.9 Å². The molecule has 4 N–H and O–H groups in total. The lowest BCUT2D eigenvalue weighted by molar-refractivity contribution is -0.137. The number of amides is 2. The third-order valence-corrected chi connectivity index (χ3v) is 4.13. The van der Waals surface area contributed by atoms with E-state index in [1.54, 1.807) is 4.90 Å². The fourth-order valence-electron chi connectivity index (χ4n) is 2.92. The molecule has 25 heavy (non-hydrogen) atoms. The number of anilines is 1. The molecule has 2 heterocycles. The van der Waals surface area contributed by atoms with E-state index >= 15 is 0 Å². The van der Waals surface area contributed by atoms with E-state index in [0.29, 0.717) is 25.9 Å². The highest BCUT2D eigenvalue weighted by atomic mass is 19.4. The van der Waals surface area contributed by atoms with Gasteiger partial charge in [0.15, 0.2) is 0 Å². The number of alkyl halides is 3. The molecule has 1 atom stereocenters. The first-order valence-corrected chi connectivity index (χ1v) is 7.69. The second-order valence-corrected chi connectivity index (χ2v) is 5.87. The molecule has 0 spiro atoms. The monoisotopic (exact) mass is 360 g/mol. The highest BCUT2D eigenvalue weighted by Crippen LogP contribution is 2.32. The molecular formula is C15H19F3N4O3. The minimum atomic E-state index is -4.43. The number of ether oxygens (including phenoxy) is 1. The number of piperidine rings is 1. The van der Waals surface area contributed by atoms with Crippen LogP contribution in [0.1, 0.15) is 24.8 Å². The number of hydrogen-bond donors (Lipinski definition) is 2. The zero-order valence-electron chi connectivity index (χ0n) is 13.3. The van der Waals surface area contributed by atoms with Crippen LogP contribution in [0.2, 0.25) is 0 Å². The molecule has 10 heteroatoms. The van der Waals surface area contributed by atoms with Crippen LogP contribution in [-0.2, 0) is 15.7 Å². The highest BCUT2D eigenvalue weighted by molar-refractivity contribution is 5.75. The molecule has 1 unspecified atom stereocenters. The van der Waals surface area contributed by atoms with Crippen molar-refractivity contribution < 1.29 is 27.5 Å². The summed E-state index contributed by atoms with van der Waals surface area (Å²) in [4.78, 5) is 27.8. The van der Waals surface area contributed by atoms with Crippen LogP contribution in [0.4, 0.5) is 23.8 Å². The molecule has 2 amide bonds. The number of rotatable bonds is 5. The molecular weight excluding hydrogens is 341 g/mol. The predicted octanol–water partition coefficient (Wildman–Crippen LogP) is 1.66. The molecule has 1 aliphatic rings. The number of pyridine rings is 1. The van der Waals surface area contributed by atoms with Gasteiger partial charge in [-0.1, -0.05) is 0 Å². The quantitative estimate of drug-likeness (QED) is 0.829. The molecule has 1 aromatic heterocycles. The first kappa shape index (κ1) is 18.8. The van der Waals surface area contributed by atoms with E-state index in [2.05, 4.69) is 4.98 Å². The van der Waals surface area contributed by atoms with Crippen LogP contribution >= 0.6 is 0 Å². The van der Waals surface area contributed by atoms with Gasteiger partial charge in [0.1, 0.15) is 11.9 Å². The Morgan fingerprint density at radius 3 is 2.48 bits per heavy atom. The van der Waals surface area contributed by atoms with Crippen molar-refractivity contribution in [2.24, 2.45) is 17.4 Å². The maximum Gasteiger partial charge on any atom is 0.416 e. The van der Waals surface area contributed by atoms with Crippen molar-refractivity contribution in [1.29, 1.82) is 0 Å². The lowest BCUT2D eigenvalue weighted by atomic mass is 9.89. The van der Waals surface area contributed by atoms with Gasteiger partial charge in [0.05, 0.1) is 12.0 Å². The van der Waals surface area contributed by atoms with E-state index < -0.39 is 29.8 Å². The van der Waals surface area contributed by atoms with Crippen molar-refractivity contribution >= 4 is 17.8 Å². The number of hydrogen-bond acceptors (Lipinski definition) is 5. The van der Waals surface area contributed by atoms with Crippen LogP contribution in [0.5, 0.6) is 0 Å². The average molecular weight is 360 g/mol.